The van der Waals surface area contributed by atoms with Gasteiger partial charge in [-0.3, -0.25) is 0 Å². The summed E-state index contributed by atoms with van der Waals surface area (Å²) in [6.07, 6.45) is 0. The average Bonchev–Trinajstić information content (AvgIpc) is 3.26. The lowest BCUT2D eigenvalue weighted by Gasteiger charge is -2.11. The molecule has 9 heteroatoms. The monoisotopic (exact) mass is 389 g/mol. The highest BCUT2D eigenvalue weighted by Crippen LogP contribution is 2.28. The first kappa shape index (κ1) is 18.4. The Morgan fingerprint density at radius 2 is 2.04 bits per heavy atom. The van der Waals surface area contributed by atoms with Crippen LogP contribution in [0.2, 0.25) is 0 Å². The molecule has 1 aliphatic rings. The first-order valence-corrected chi connectivity index (χ1v) is 10.3. The van der Waals surface area contributed by atoms with Gasteiger partial charge in [-0.1, -0.05) is 12.1 Å². The van der Waals surface area contributed by atoms with Crippen LogP contribution in [-0.2, 0) is 10.0 Å². The molecule has 136 valence electrons. The number of allylic oxidation sites excluding steroid dienone is 1. The van der Waals surface area contributed by atoms with Crippen molar-refractivity contribution in [2.24, 2.45) is 0 Å². The number of nitriles is 1. The molecule has 1 fully saturated rings. The molecule has 7 nitrogen and oxygen atoms in total. The first-order chi connectivity index (χ1) is 12.3. The summed E-state index contributed by atoms with van der Waals surface area (Å²) in [5.74, 6) is 0.702. The predicted molar refractivity (Wildman–Crippen MR) is 102 cm³/mol. The smallest absolute Gasteiger partial charge is 0.242 e. The van der Waals surface area contributed by atoms with Gasteiger partial charge in [0.25, 0.3) is 0 Å². The second-order valence-electron chi connectivity index (χ2n) is 6.14. The van der Waals surface area contributed by atoms with Crippen LogP contribution in [0.15, 0.2) is 40.4 Å². The van der Waals surface area contributed by atoms with E-state index in [2.05, 4.69) is 21.7 Å². The molecule has 0 radical (unpaired) electrons. The van der Waals surface area contributed by atoms with E-state index in [9.17, 15) is 13.7 Å². The fourth-order valence-electron chi connectivity index (χ4n) is 2.50. The number of thiazole rings is 1. The van der Waals surface area contributed by atoms with Crippen LogP contribution in [0.5, 0.6) is 0 Å². The Morgan fingerprint density at radius 3 is 2.58 bits per heavy atom. The normalized spacial score (nSPS) is 19.0. The number of nitrogens with zero attached hydrogens (tertiary/aromatic N) is 3. The number of hydrogen-bond acceptors (Lipinski definition) is 7. The number of hydrogen-bond donors (Lipinski definition) is 2. The fraction of sp³-hybridized carbons (Fsp3) is 0.294. The van der Waals surface area contributed by atoms with Crippen molar-refractivity contribution in [3.63, 3.8) is 0 Å². The minimum Gasteiger partial charge on any atom is -0.369 e. The van der Waals surface area contributed by atoms with Crippen LogP contribution in [0.1, 0.15) is 11.9 Å². The third-order valence-electron chi connectivity index (χ3n) is 3.98. The number of benzene rings is 1. The topological polar surface area (TPSA) is 98.1 Å². The van der Waals surface area contributed by atoms with Crippen LogP contribution in [-0.4, -0.2) is 44.4 Å². The molecule has 1 aliphatic heterocycles. The molecule has 0 saturated carbocycles. The highest BCUT2D eigenvalue weighted by Gasteiger charge is 2.21. The van der Waals surface area contributed by atoms with Gasteiger partial charge in [-0.25, -0.2) is 17.7 Å². The van der Waals surface area contributed by atoms with E-state index in [4.69, 9.17) is 0 Å². The summed E-state index contributed by atoms with van der Waals surface area (Å²) in [6, 6.07) is 9.05. The van der Waals surface area contributed by atoms with Crippen LogP contribution in [0.4, 0.5) is 0 Å². The zero-order valence-corrected chi connectivity index (χ0v) is 16.3. The van der Waals surface area contributed by atoms with Gasteiger partial charge in [0.1, 0.15) is 22.5 Å². The van der Waals surface area contributed by atoms with E-state index in [0.717, 1.165) is 12.1 Å². The maximum atomic E-state index is 12.1. The predicted octanol–water partition coefficient (Wildman–Crippen LogP) is 1.83. The molecule has 1 saturated heterocycles. The van der Waals surface area contributed by atoms with Gasteiger partial charge in [-0.2, -0.15) is 5.26 Å². The summed E-state index contributed by atoms with van der Waals surface area (Å²) in [7, 11) is -0.458. The molecule has 26 heavy (non-hydrogen) atoms. The maximum absolute atomic E-state index is 12.1. The van der Waals surface area contributed by atoms with Gasteiger partial charge in [0.2, 0.25) is 10.0 Å². The van der Waals surface area contributed by atoms with E-state index in [0.29, 0.717) is 22.1 Å². The van der Waals surface area contributed by atoms with E-state index in [1.54, 1.807) is 24.3 Å². The van der Waals surface area contributed by atoms with Crippen molar-refractivity contribution in [1.29, 1.82) is 5.26 Å². The van der Waals surface area contributed by atoms with Crippen molar-refractivity contribution in [2.45, 2.75) is 17.9 Å². The molecule has 1 aromatic heterocycles. The largest absolute Gasteiger partial charge is 0.369 e. The molecule has 0 aliphatic carbocycles. The van der Waals surface area contributed by atoms with E-state index in [-0.39, 0.29) is 10.9 Å². The minimum absolute atomic E-state index is 0.231. The third-order valence-corrected chi connectivity index (χ3v) is 6.67. The van der Waals surface area contributed by atoms with E-state index in [1.165, 1.54) is 29.7 Å². The Kier molecular flexibility index (Phi) is 5.00. The SMILES string of the molecule is CC1CN/C(=C(/C#N)c2nc(-c3ccc(S(=O)(=O)N(C)C)cc3)cs2)N1. The summed E-state index contributed by atoms with van der Waals surface area (Å²) in [6.45, 7) is 2.80. The van der Waals surface area contributed by atoms with Crippen molar-refractivity contribution in [3.05, 3.63) is 40.5 Å². The molecule has 2 heterocycles. The van der Waals surface area contributed by atoms with Gasteiger partial charge in [0, 0.05) is 37.6 Å². The quantitative estimate of drug-likeness (QED) is 0.774. The molecule has 1 aromatic carbocycles. The van der Waals surface area contributed by atoms with Crippen LogP contribution in [0.25, 0.3) is 16.8 Å². The summed E-state index contributed by atoms with van der Waals surface area (Å²) in [4.78, 5) is 4.78. The van der Waals surface area contributed by atoms with Gasteiger partial charge < -0.3 is 10.6 Å². The highest BCUT2D eigenvalue weighted by atomic mass is 32.2. The zero-order valence-electron chi connectivity index (χ0n) is 14.6. The number of aromatic nitrogens is 1. The Morgan fingerprint density at radius 1 is 1.35 bits per heavy atom. The third kappa shape index (κ3) is 3.44. The average molecular weight is 390 g/mol. The summed E-state index contributed by atoms with van der Waals surface area (Å²) < 4.78 is 25.5. The molecule has 0 bridgehead atoms. The standard InChI is InChI=1S/C17H19N5O2S2/c1-11-9-19-16(20-11)14(8-18)17-21-15(10-25-17)12-4-6-13(7-5-12)26(23,24)22(2)3/h4-7,10-11,19-20H,9H2,1-3H3/b16-14+. The second kappa shape index (κ2) is 7.07. The zero-order chi connectivity index (χ0) is 18.9. The Balaban J connectivity index is 1.90. The molecule has 0 spiro atoms. The lowest BCUT2D eigenvalue weighted by molar-refractivity contribution is 0.521. The number of nitrogens with one attached hydrogen (secondary N) is 2. The molecule has 2 aromatic rings. The molecule has 1 atom stereocenters. The van der Waals surface area contributed by atoms with Gasteiger partial charge in [-0.05, 0) is 19.1 Å². The lowest BCUT2D eigenvalue weighted by atomic mass is 10.2. The van der Waals surface area contributed by atoms with Crippen molar-refractivity contribution in [1.82, 2.24) is 19.9 Å². The van der Waals surface area contributed by atoms with Gasteiger partial charge >= 0.3 is 0 Å². The summed E-state index contributed by atoms with van der Waals surface area (Å²) in [5, 5.41) is 18.4. The van der Waals surface area contributed by atoms with Crippen molar-refractivity contribution < 1.29 is 8.42 Å². The van der Waals surface area contributed by atoms with E-state index < -0.39 is 10.0 Å². The summed E-state index contributed by atoms with van der Waals surface area (Å²) >= 11 is 1.38. The molecule has 2 N–H and O–H groups in total. The number of sulfonamides is 1. The Labute approximate surface area is 157 Å². The van der Waals surface area contributed by atoms with Gasteiger partial charge in [0.15, 0.2) is 0 Å². The van der Waals surface area contributed by atoms with Crippen molar-refractivity contribution >= 4 is 26.9 Å². The molecular weight excluding hydrogens is 370 g/mol. The number of rotatable bonds is 4. The van der Waals surface area contributed by atoms with Gasteiger partial charge in [0.05, 0.1) is 10.6 Å². The minimum atomic E-state index is -3.46. The molecular formula is C17H19N5O2S2. The van der Waals surface area contributed by atoms with Crippen LogP contribution >= 0.6 is 11.3 Å². The lowest BCUT2D eigenvalue weighted by Crippen LogP contribution is -2.22. The van der Waals surface area contributed by atoms with Crippen LogP contribution < -0.4 is 10.6 Å². The van der Waals surface area contributed by atoms with Crippen molar-refractivity contribution in [2.75, 3.05) is 20.6 Å². The van der Waals surface area contributed by atoms with Gasteiger partial charge in [-0.15, -0.1) is 11.3 Å². The first-order valence-electron chi connectivity index (χ1n) is 7.96. The Hall–Kier alpha value is -2.41. The van der Waals surface area contributed by atoms with Crippen LogP contribution in [0.3, 0.4) is 0 Å². The fourth-order valence-corrected chi connectivity index (χ4v) is 4.23. The van der Waals surface area contributed by atoms with Crippen LogP contribution in [0, 0.1) is 11.3 Å². The van der Waals surface area contributed by atoms with Crippen molar-refractivity contribution in [3.8, 4) is 17.3 Å². The summed E-state index contributed by atoms with van der Waals surface area (Å²) in [5.41, 5.74) is 1.99. The molecule has 3 rings (SSSR count). The van der Waals surface area contributed by atoms with E-state index in [1.807, 2.05) is 12.3 Å². The molecule has 0 amide bonds. The maximum Gasteiger partial charge on any atom is 0.242 e. The van der Waals surface area contributed by atoms with E-state index >= 15 is 0 Å². The Bertz CT molecular complexity index is 985. The highest BCUT2D eigenvalue weighted by molar-refractivity contribution is 7.89. The molecule has 1 unspecified atom stereocenters. The second-order valence-corrected chi connectivity index (χ2v) is 9.15.